The molecule has 0 aliphatic carbocycles. The number of hydrazone groups is 1. The number of carbonyl (C=O) groups is 1. The lowest BCUT2D eigenvalue weighted by atomic mass is 10.1. The highest BCUT2D eigenvalue weighted by molar-refractivity contribution is 14.1. The van der Waals surface area contributed by atoms with E-state index >= 15 is 0 Å². The van der Waals surface area contributed by atoms with Crippen molar-refractivity contribution in [2.24, 2.45) is 5.10 Å². The van der Waals surface area contributed by atoms with Crippen LogP contribution in [-0.4, -0.2) is 18.7 Å². The summed E-state index contributed by atoms with van der Waals surface area (Å²) < 4.78 is 12.7. The first-order valence-corrected chi connectivity index (χ1v) is 11.6. The van der Waals surface area contributed by atoms with E-state index in [1.165, 1.54) is 0 Å². The summed E-state index contributed by atoms with van der Waals surface area (Å²) in [6.07, 6.45) is 1.55. The van der Waals surface area contributed by atoms with Gasteiger partial charge in [-0.25, -0.2) is 5.43 Å². The normalized spacial score (nSPS) is 10.9. The van der Waals surface area contributed by atoms with Gasteiger partial charge in [-0.05, 0) is 89.5 Å². The molecule has 0 saturated heterocycles. The molecule has 0 fully saturated rings. The van der Waals surface area contributed by atoms with Crippen LogP contribution in [0.5, 0.6) is 11.5 Å². The van der Waals surface area contributed by atoms with Gasteiger partial charge in [-0.15, -0.1) is 0 Å². The van der Waals surface area contributed by atoms with E-state index in [2.05, 4.69) is 33.1 Å². The van der Waals surface area contributed by atoms with Gasteiger partial charge in [-0.1, -0.05) is 41.4 Å². The molecule has 0 heterocycles. The molecule has 3 aromatic rings. The Balaban J connectivity index is 1.72. The van der Waals surface area contributed by atoms with Crippen LogP contribution in [0.1, 0.15) is 34.0 Å². The molecule has 0 radical (unpaired) electrons. The lowest BCUT2D eigenvalue weighted by Crippen LogP contribution is -2.18. The van der Waals surface area contributed by atoms with Gasteiger partial charge in [-0.2, -0.15) is 5.10 Å². The number of carbonyl (C=O) groups excluding carboxylic acids is 1. The van der Waals surface area contributed by atoms with Gasteiger partial charge in [0.1, 0.15) is 6.61 Å². The van der Waals surface area contributed by atoms with E-state index in [-0.39, 0.29) is 5.91 Å². The van der Waals surface area contributed by atoms with Crippen molar-refractivity contribution in [1.29, 1.82) is 0 Å². The predicted octanol–water partition coefficient (Wildman–Crippen LogP) is 6.65. The Morgan fingerprint density at radius 1 is 1.09 bits per heavy atom. The number of benzene rings is 3. The van der Waals surface area contributed by atoms with Gasteiger partial charge in [0.25, 0.3) is 5.91 Å². The number of aryl methyl sites for hydroxylation is 1. The second-order valence-corrected chi connectivity index (χ2v) is 8.87. The number of hydrogen-bond donors (Lipinski definition) is 1. The Bertz CT molecular complexity index is 1130. The first kappa shape index (κ1) is 24.4. The van der Waals surface area contributed by atoms with Crippen LogP contribution < -0.4 is 14.9 Å². The minimum absolute atomic E-state index is 0.366. The zero-order valence-corrected chi connectivity index (χ0v) is 21.2. The molecule has 32 heavy (non-hydrogen) atoms. The first-order chi connectivity index (χ1) is 15.4. The summed E-state index contributed by atoms with van der Waals surface area (Å²) >= 11 is 14.3. The van der Waals surface area contributed by atoms with Gasteiger partial charge >= 0.3 is 0 Å². The number of halogens is 3. The molecule has 0 aliphatic heterocycles. The van der Waals surface area contributed by atoms with Crippen LogP contribution in [0.15, 0.2) is 59.7 Å². The fourth-order valence-electron chi connectivity index (χ4n) is 2.83. The molecule has 0 atom stereocenters. The summed E-state index contributed by atoms with van der Waals surface area (Å²) in [5, 5.41) is 5.12. The fourth-order valence-corrected chi connectivity index (χ4v) is 4.06. The van der Waals surface area contributed by atoms with Crippen LogP contribution in [0.4, 0.5) is 0 Å². The first-order valence-electron chi connectivity index (χ1n) is 9.80. The topological polar surface area (TPSA) is 59.9 Å². The van der Waals surface area contributed by atoms with Crippen molar-refractivity contribution in [2.75, 3.05) is 6.61 Å². The Hall–Kier alpha value is -2.29. The van der Waals surface area contributed by atoms with E-state index in [1.807, 2.05) is 56.3 Å². The molecule has 5 nitrogen and oxygen atoms in total. The molecule has 0 spiro atoms. The molecular formula is C24H21Cl2IN2O3. The zero-order chi connectivity index (χ0) is 23.1. The maximum atomic E-state index is 12.3. The highest BCUT2D eigenvalue weighted by atomic mass is 127. The Kier molecular flexibility index (Phi) is 8.78. The van der Waals surface area contributed by atoms with E-state index in [1.54, 1.807) is 18.3 Å². The number of hydrogen-bond acceptors (Lipinski definition) is 4. The summed E-state index contributed by atoms with van der Waals surface area (Å²) in [6.45, 7) is 4.68. The maximum absolute atomic E-state index is 12.3. The van der Waals surface area contributed by atoms with Gasteiger partial charge in [0.15, 0.2) is 11.5 Å². The van der Waals surface area contributed by atoms with Crippen LogP contribution in [-0.2, 0) is 6.61 Å². The SMILES string of the molecule is CCOc1cc(/C=N\NC(=O)c2ccc(C)cc2Cl)cc(I)c1OCc1ccc(Cl)cc1. The molecule has 0 aliphatic rings. The van der Waals surface area contributed by atoms with Crippen molar-refractivity contribution in [3.05, 3.63) is 90.5 Å². The molecule has 3 rings (SSSR count). The molecule has 1 N–H and O–H groups in total. The van der Waals surface area contributed by atoms with Crippen molar-refractivity contribution in [3.8, 4) is 11.5 Å². The maximum Gasteiger partial charge on any atom is 0.272 e. The Morgan fingerprint density at radius 3 is 2.53 bits per heavy atom. The lowest BCUT2D eigenvalue weighted by molar-refractivity contribution is 0.0955. The minimum Gasteiger partial charge on any atom is -0.490 e. The summed E-state index contributed by atoms with van der Waals surface area (Å²) in [7, 11) is 0. The summed E-state index contributed by atoms with van der Waals surface area (Å²) in [5.74, 6) is 0.867. The average molecular weight is 583 g/mol. The lowest BCUT2D eigenvalue weighted by Gasteiger charge is -2.15. The molecule has 0 aromatic heterocycles. The summed E-state index contributed by atoms with van der Waals surface area (Å²) in [5.41, 5.74) is 5.60. The van der Waals surface area contributed by atoms with Gasteiger partial charge in [0, 0.05) is 5.02 Å². The molecule has 8 heteroatoms. The number of ether oxygens (including phenoxy) is 2. The molecule has 0 bridgehead atoms. The highest BCUT2D eigenvalue weighted by Crippen LogP contribution is 2.34. The van der Waals surface area contributed by atoms with Gasteiger partial charge < -0.3 is 9.47 Å². The van der Waals surface area contributed by atoms with E-state index < -0.39 is 0 Å². The van der Waals surface area contributed by atoms with Gasteiger partial charge in [0.05, 0.1) is 27.0 Å². The summed E-state index contributed by atoms with van der Waals surface area (Å²) in [6, 6.07) is 16.4. The molecule has 0 unspecified atom stereocenters. The zero-order valence-electron chi connectivity index (χ0n) is 17.5. The molecule has 3 aromatic carbocycles. The van der Waals surface area contributed by atoms with Gasteiger partial charge in [0.2, 0.25) is 0 Å². The van der Waals surface area contributed by atoms with Gasteiger partial charge in [-0.3, -0.25) is 4.79 Å². The summed E-state index contributed by atoms with van der Waals surface area (Å²) in [4.78, 5) is 12.3. The predicted molar refractivity (Wildman–Crippen MR) is 137 cm³/mol. The van der Waals surface area contributed by atoms with Crippen LogP contribution >= 0.6 is 45.8 Å². The van der Waals surface area contributed by atoms with E-state index in [0.717, 1.165) is 20.3 Å². The standard InChI is InChI=1S/C24H21Cl2IN2O3/c1-3-31-22-12-17(13-28-29-24(30)19-9-4-15(2)10-20(19)26)11-21(27)23(22)32-14-16-5-7-18(25)8-6-16/h4-13H,3,14H2,1-2H3,(H,29,30)/b28-13-. The largest absolute Gasteiger partial charge is 0.490 e. The van der Waals surface area contributed by atoms with Crippen molar-refractivity contribution < 1.29 is 14.3 Å². The smallest absolute Gasteiger partial charge is 0.272 e. The second kappa shape index (κ2) is 11.5. The molecule has 1 amide bonds. The molecule has 166 valence electrons. The monoisotopic (exact) mass is 582 g/mol. The van der Waals surface area contributed by atoms with E-state index in [4.69, 9.17) is 32.7 Å². The second-order valence-electron chi connectivity index (χ2n) is 6.86. The average Bonchev–Trinajstić information content (AvgIpc) is 2.74. The quantitative estimate of drug-likeness (QED) is 0.184. The highest BCUT2D eigenvalue weighted by Gasteiger charge is 2.13. The number of amides is 1. The minimum atomic E-state index is -0.381. The van der Waals surface area contributed by atoms with Crippen LogP contribution in [0.25, 0.3) is 0 Å². The number of nitrogens with one attached hydrogen (secondary N) is 1. The van der Waals surface area contributed by atoms with E-state index in [9.17, 15) is 4.79 Å². The third-order valence-corrected chi connectivity index (χ3v) is 5.74. The van der Waals surface area contributed by atoms with Crippen molar-refractivity contribution in [3.63, 3.8) is 0 Å². The van der Waals surface area contributed by atoms with Crippen LogP contribution in [0.2, 0.25) is 10.0 Å². The van der Waals surface area contributed by atoms with Crippen LogP contribution in [0, 0.1) is 10.5 Å². The van der Waals surface area contributed by atoms with Crippen molar-refractivity contribution >= 4 is 57.9 Å². The fraction of sp³-hybridized carbons (Fsp3) is 0.167. The number of nitrogens with zero attached hydrogens (tertiary/aromatic N) is 1. The van der Waals surface area contributed by atoms with Crippen LogP contribution in [0.3, 0.4) is 0 Å². The Labute approximate surface area is 210 Å². The van der Waals surface area contributed by atoms with Crippen molar-refractivity contribution in [1.82, 2.24) is 5.43 Å². The third-order valence-electron chi connectivity index (χ3n) is 4.38. The van der Waals surface area contributed by atoms with E-state index in [0.29, 0.717) is 40.3 Å². The molecule has 0 saturated carbocycles. The molecular weight excluding hydrogens is 562 g/mol. The van der Waals surface area contributed by atoms with Crippen molar-refractivity contribution in [2.45, 2.75) is 20.5 Å². The number of rotatable bonds is 8. The Morgan fingerprint density at radius 2 is 1.84 bits per heavy atom. The third kappa shape index (κ3) is 6.60.